The van der Waals surface area contributed by atoms with Crippen molar-refractivity contribution in [1.82, 2.24) is 0 Å². The Bertz CT molecular complexity index is 933. The molecular weight excluding hydrogens is 396 g/mol. The predicted octanol–water partition coefficient (Wildman–Crippen LogP) is 2.97. The number of hydrogen-bond donors (Lipinski definition) is 1. The fourth-order valence-corrected chi connectivity index (χ4v) is 2.57. The zero-order chi connectivity index (χ0) is 20.7. The number of carbonyl (C=O) groups excluding carboxylic acids is 1. The Hall–Kier alpha value is -2.88. The van der Waals surface area contributed by atoms with E-state index in [0.717, 1.165) is 12.3 Å². The number of hydrogen-bond acceptors (Lipinski definition) is 6. The summed E-state index contributed by atoms with van der Waals surface area (Å²) in [6.45, 7) is -3.09. The third-order valence-corrected chi connectivity index (χ3v) is 4.36. The minimum Gasteiger partial charge on any atom is -0.493 e. The first-order valence-corrected chi connectivity index (χ1v) is 10.1. The second-order valence-corrected chi connectivity index (χ2v) is 7.96. The van der Waals surface area contributed by atoms with Gasteiger partial charge in [0.05, 0.1) is 12.9 Å². The van der Waals surface area contributed by atoms with Gasteiger partial charge >= 0.3 is 6.61 Å². The molecule has 0 atom stereocenters. The zero-order valence-electron chi connectivity index (χ0n) is 15.1. The highest BCUT2D eigenvalue weighted by atomic mass is 32.2. The number of halogens is 2. The molecular formula is C18H19F2NO6S. The molecule has 0 aliphatic carbocycles. The molecule has 2 aromatic carbocycles. The molecule has 1 N–H and O–H groups in total. The van der Waals surface area contributed by atoms with Crippen molar-refractivity contribution in [2.45, 2.75) is 6.61 Å². The van der Waals surface area contributed by atoms with E-state index >= 15 is 0 Å². The van der Waals surface area contributed by atoms with Crippen LogP contribution in [-0.2, 0) is 9.84 Å². The van der Waals surface area contributed by atoms with E-state index in [4.69, 9.17) is 9.47 Å². The van der Waals surface area contributed by atoms with Crippen LogP contribution >= 0.6 is 0 Å². The molecule has 0 aromatic heterocycles. The Balaban J connectivity index is 2.09. The van der Waals surface area contributed by atoms with Crippen molar-refractivity contribution in [3.63, 3.8) is 0 Å². The van der Waals surface area contributed by atoms with Crippen molar-refractivity contribution < 1.29 is 36.2 Å². The van der Waals surface area contributed by atoms with Gasteiger partial charge in [-0.25, -0.2) is 8.42 Å². The van der Waals surface area contributed by atoms with E-state index in [0.29, 0.717) is 11.4 Å². The molecule has 0 spiro atoms. The summed E-state index contributed by atoms with van der Waals surface area (Å²) >= 11 is 0. The fourth-order valence-electron chi connectivity index (χ4n) is 2.18. The van der Waals surface area contributed by atoms with Gasteiger partial charge in [-0.3, -0.25) is 4.79 Å². The Kier molecular flexibility index (Phi) is 7.16. The Morgan fingerprint density at radius 2 is 1.89 bits per heavy atom. The molecule has 2 rings (SSSR count). The summed E-state index contributed by atoms with van der Waals surface area (Å²) in [6, 6.07) is 10.2. The number of carbonyl (C=O) groups is 1. The molecule has 0 bridgehead atoms. The normalized spacial score (nSPS) is 11.2. The predicted molar refractivity (Wildman–Crippen MR) is 99.2 cm³/mol. The summed E-state index contributed by atoms with van der Waals surface area (Å²) in [5, 5.41) is 2.60. The smallest absolute Gasteiger partial charge is 0.387 e. The SMILES string of the molecule is COc1ccc(C(=O)Nc2cccc(OCCS(C)(=O)=O)c2)cc1OC(F)F. The first-order valence-electron chi connectivity index (χ1n) is 8.03. The standard InChI is InChI=1S/C18H19F2NO6S/c1-25-15-7-6-12(10-16(15)27-18(19)20)17(22)21-13-4-3-5-14(11-13)26-8-9-28(2,23)24/h3-7,10-11,18H,8-9H2,1-2H3,(H,21,22). The van der Waals surface area contributed by atoms with Gasteiger partial charge in [-0.05, 0) is 30.3 Å². The van der Waals surface area contributed by atoms with Gasteiger partial charge in [0, 0.05) is 23.6 Å². The highest BCUT2D eigenvalue weighted by Crippen LogP contribution is 2.30. The van der Waals surface area contributed by atoms with E-state index in [1.807, 2.05) is 0 Å². The number of sulfone groups is 1. The van der Waals surface area contributed by atoms with Gasteiger partial charge in [-0.2, -0.15) is 8.78 Å². The summed E-state index contributed by atoms with van der Waals surface area (Å²) in [7, 11) is -1.85. The zero-order valence-corrected chi connectivity index (χ0v) is 16.0. The van der Waals surface area contributed by atoms with Gasteiger partial charge in [-0.15, -0.1) is 0 Å². The molecule has 2 aromatic rings. The average Bonchev–Trinajstić information content (AvgIpc) is 2.60. The molecule has 28 heavy (non-hydrogen) atoms. The maximum Gasteiger partial charge on any atom is 0.387 e. The van der Waals surface area contributed by atoms with Crippen LogP contribution in [0.5, 0.6) is 17.2 Å². The molecule has 152 valence electrons. The van der Waals surface area contributed by atoms with Gasteiger partial charge in [0.15, 0.2) is 21.3 Å². The van der Waals surface area contributed by atoms with E-state index in [9.17, 15) is 22.0 Å². The number of benzene rings is 2. The van der Waals surface area contributed by atoms with Gasteiger partial charge in [0.25, 0.3) is 5.91 Å². The number of rotatable bonds is 9. The lowest BCUT2D eigenvalue weighted by molar-refractivity contribution is -0.0512. The monoisotopic (exact) mass is 415 g/mol. The Morgan fingerprint density at radius 3 is 2.54 bits per heavy atom. The van der Waals surface area contributed by atoms with Crippen LogP contribution in [0.4, 0.5) is 14.5 Å². The third kappa shape index (κ3) is 6.69. The molecule has 10 heteroatoms. The minimum atomic E-state index is -3.15. The topological polar surface area (TPSA) is 90.9 Å². The lowest BCUT2D eigenvalue weighted by atomic mass is 10.2. The third-order valence-electron chi connectivity index (χ3n) is 3.46. The number of nitrogens with one attached hydrogen (secondary N) is 1. The van der Waals surface area contributed by atoms with Gasteiger partial charge in [0.1, 0.15) is 12.4 Å². The number of amides is 1. The second-order valence-electron chi connectivity index (χ2n) is 5.70. The maximum atomic E-state index is 12.5. The van der Waals surface area contributed by atoms with E-state index < -0.39 is 22.4 Å². The molecule has 0 saturated heterocycles. The molecule has 1 amide bonds. The van der Waals surface area contributed by atoms with Gasteiger partial charge in [0.2, 0.25) is 0 Å². The Labute approximate surface area is 161 Å². The number of methoxy groups -OCH3 is 1. The first kappa shape index (κ1) is 21.4. The maximum absolute atomic E-state index is 12.5. The summed E-state index contributed by atoms with van der Waals surface area (Å²) in [4.78, 5) is 12.4. The van der Waals surface area contributed by atoms with Crippen LogP contribution in [0.25, 0.3) is 0 Å². The molecule has 0 saturated carbocycles. The van der Waals surface area contributed by atoms with Crippen LogP contribution in [0.2, 0.25) is 0 Å². The van der Waals surface area contributed by atoms with Crippen molar-refractivity contribution in [2.75, 3.05) is 31.0 Å². The van der Waals surface area contributed by atoms with Crippen molar-refractivity contribution in [1.29, 1.82) is 0 Å². The molecule has 7 nitrogen and oxygen atoms in total. The van der Waals surface area contributed by atoms with E-state index in [-0.39, 0.29) is 29.4 Å². The first-order chi connectivity index (χ1) is 13.2. The van der Waals surface area contributed by atoms with Crippen molar-refractivity contribution in [3.05, 3.63) is 48.0 Å². The van der Waals surface area contributed by atoms with Gasteiger partial charge < -0.3 is 19.5 Å². The largest absolute Gasteiger partial charge is 0.493 e. The number of ether oxygens (including phenoxy) is 3. The van der Waals surface area contributed by atoms with Crippen LogP contribution in [0, 0.1) is 0 Å². The number of anilines is 1. The molecule has 0 fully saturated rings. The van der Waals surface area contributed by atoms with E-state index in [1.54, 1.807) is 18.2 Å². The molecule has 0 heterocycles. The van der Waals surface area contributed by atoms with Crippen LogP contribution < -0.4 is 19.5 Å². The van der Waals surface area contributed by atoms with Crippen molar-refractivity contribution in [3.8, 4) is 17.2 Å². The second kappa shape index (κ2) is 9.36. The van der Waals surface area contributed by atoms with Crippen LogP contribution in [0.1, 0.15) is 10.4 Å². The summed E-state index contributed by atoms with van der Waals surface area (Å²) in [5.41, 5.74) is 0.467. The highest BCUT2D eigenvalue weighted by molar-refractivity contribution is 7.90. The summed E-state index contributed by atoms with van der Waals surface area (Å²) < 4.78 is 61.9. The molecule has 0 aliphatic heterocycles. The summed E-state index contributed by atoms with van der Waals surface area (Å²) in [5.74, 6) is -0.517. The molecule has 0 radical (unpaired) electrons. The number of alkyl halides is 2. The van der Waals surface area contributed by atoms with Crippen molar-refractivity contribution >= 4 is 21.4 Å². The molecule has 0 aliphatic rings. The Morgan fingerprint density at radius 1 is 1.14 bits per heavy atom. The average molecular weight is 415 g/mol. The van der Waals surface area contributed by atoms with Crippen LogP contribution in [0.15, 0.2) is 42.5 Å². The van der Waals surface area contributed by atoms with Gasteiger partial charge in [-0.1, -0.05) is 6.07 Å². The minimum absolute atomic E-state index is 0.0248. The lowest BCUT2D eigenvalue weighted by Crippen LogP contribution is -2.14. The quantitative estimate of drug-likeness (QED) is 0.677. The van der Waals surface area contributed by atoms with E-state index in [1.165, 1.54) is 25.3 Å². The van der Waals surface area contributed by atoms with Crippen LogP contribution in [0.3, 0.4) is 0 Å². The van der Waals surface area contributed by atoms with Crippen LogP contribution in [-0.4, -0.2) is 46.7 Å². The molecule has 0 unspecified atom stereocenters. The summed E-state index contributed by atoms with van der Waals surface area (Å²) in [6.07, 6.45) is 1.11. The lowest BCUT2D eigenvalue weighted by Gasteiger charge is -2.12. The van der Waals surface area contributed by atoms with Crippen molar-refractivity contribution in [2.24, 2.45) is 0 Å². The van der Waals surface area contributed by atoms with E-state index in [2.05, 4.69) is 10.1 Å². The highest BCUT2D eigenvalue weighted by Gasteiger charge is 2.15. The fraction of sp³-hybridized carbons (Fsp3) is 0.278.